The Balaban J connectivity index is 1.44. The smallest absolute Gasteiger partial charge is 0.417 e. The minimum atomic E-state index is -4.79. The normalized spacial score (nSPS) is 19.7. The minimum absolute atomic E-state index is 0.0587. The molecule has 0 aliphatic carbocycles. The number of halogens is 4. The van der Waals surface area contributed by atoms with Gasteiger partial charge in [0.25, 0.3) is 5.91 Å². The van der Waals surface area contributed by atoms with Gasteiger partial charge in [-0.2, -0.15) is 17.5 Å². The number of carbonyl (C=O) groups is 1. The van der Waals surface area contributed by atoms with Crippen molar-refractivity contribution in [1.29, 1.82) is 0 Å². The SMILES string of the molecule is O=C([C@H]1Cc2cc(Cl)ccc2O1)N1CCN(S(=O)(=O)c2ccccc2C(F)(F)F)CC1. The first-order chi connectivity index (χ1) is 14.6. The molecule has 166 valence electrons. The zero-order valence-corrected chi connectivity index (χ0v) is 17.7. The van der Waals surface area contributed by atoms with Gasteiger partial charge in [-0.1, -0.05) is 23.7 Å². The van der Waals surface area contributed by atoms with Crippen molar-refractivity contribution < 1.29 is 31.1 Å². The molecule has 4 rings (SSSR count). The molecule has 0 unspecified atom stereocenters. The summed E-state index contributed by atoms with van der Waals surface area (Å²) in [6, 6.07) is 9.17. The van der Waals surface area contributed by atoms with E-state index in [-0.39, 0.29) is 32.1 Å². The molecule has 2 heterocycles. The highest BCUT2D eigenvalue weighted by atomic mass is 35.5. The standard InChI is InChI=1S/C20H18ClF3N2O4S/c21-14-5-6-16-13(11-14)12-17(30-16)19(27)25-7-9-26(10-8-25)31(28,29)18-4-2-1-3-15(18)20(22,23)24/h1-6,11,17H,7-10,12H2/t17-/m1/s1. The number of alkyl halides is 3. The molecule has 0 N–H and O–H groups in total. The molecular formula is C20H18ClF3N2O4S. The van der Waals surface area contributed by atoms with Gasteiger partial charge in [0.2, 0.25) is 10.0 Å². The van der Waals surface area contributed by atoms with Crippen LogP contribution in [0.5, 0.6) is 5.75 Å². The zero-order chi connectivity index (χ0) is 22.4. The molecule has 0 spiro atoms. The molecule has 2 aromatic rings. The van der Waals surface area contributed by atoms with Crippen molar-refractivity contribution in [2.24, 2.45) is 0 Å². The van der Waals surface area contributed by atoms with Crippen LogP contribution < -0.4 is 4.74 Å². The number of fused-ring (bicyclic) bond motifs is 1. The van der Waals surface area contributed by atoms with Crippen LogP contribution >= 0.6 is 11.6 Å². The van der Waals surface area contributed by atoms with Gasteiger partial charge in [-0.3, -0.25) is 4.79 Å². The molecule has 0 aromatic heterocycles. The van der Waals surface area contributed by atoms with Crippen LogP contribution in [0.4, 0.5) is 13.2 Å². The molecule has 1 saturated heterocycles. The number of carbonyl (C=O) groups excluding carboxylic acids is 1. The van der Waals surface area contributed by atoms with Gasteiger partial charge in [-0.25, -0.2) is 8.42 Å². The Morgan fingerprint density at radius 2 is 1.74 bits per heavy atom. The second-order valence-electron chi connectivity index (χ2n) is 7.29. The molecule has 0 bridgehead atoms. The van der Waals surface area contributed by atoms with Crippen molar-refractivity contribution >= 4 is 27.5 Å². The summed E-state index contributed by atoms with van der Waals surface area (Å²) in [7, 11) is -4.36. The number of piperazine rings is 1. The Kier molecular flexibility index (Phi) is 5.65. The molecule has 0 saturated carbocycles. The van der Waals surface area contributed by atoms with E-state index in [9.17, 15) is 26.4 Å². The molecule has 6 nitrogen and oxygen atoms in total. The van der Waals surface area contributed by atoms with E-state index in [1.807, 2.05) is 0 Å². The molecular weight excluding hydrogens is 457 g/mol. The summed E-state index contributed by atoms with van der Waals surface area (Å²) in [5.74, 6) is 0.285. The first-order valence-corrected chi connectivity index (χ1v) is 11.3. The summed E-state index contributed by atoms with van der Waals surface area (Å²) in [5, 5.41) is 0.536. The van der Waals surface area contributed by atoms with Crippen LogP contribution in [0.1, 0.15) is 11.1 Å². The second-order valence-corrected chi connectivity index (χ2v) is 9.63. The second kappa shape index (κ2) is 7.99. The number of sulfonamides is 1. The quantitative estimate of drug-likeness (QED) is 0.685. The Hall–Kier alpha value is -2.30. The van der Waals surface area contributed by atoms with Crippen molar-refractivity contribution in [2.45, 2.75) is 23.6 Å². The van der Waals surface area contributed by atoms with Gasteiger partial charge in [0.1, 0.15) is 5.75 Å². The maximum absolute atomic E-state index is 13.3. The molecule has 0 radical (unpaired) electrons. The van der Waals surface area contributed by atoms with E-state index >= 15 is 0 Å². The van der Waals surface area contributed by atoms with Crippen LogP contribution in [0, 0.1) is 0 Å². The summed E-state index contributed by atoms with van der Waals surface area (Å²) in [4.78, 5) is 13.5. The Bertz CT molecular complexity index is 1120. The van der Waals surface area contributed by atoms with E-state index in [4.69, 9.17) is 16.3 Å². The Morgan fingerprint density at radius 3 is 2.42 bits per heavy atom. The molecule has 2 aromatic carbocycles. The molecule has 1 fully saturated rings. The van der Waals surface area contributed by atoms with Gasteiger partial charge >= 0.3 is 6.18 Å². The van der Waals surface area contributed by atoms with Crippen molar-refractivity contribution in [1.82, 2.24) is 9.21 Å². The number of benzene rings is 2. The monoisotopic (exact) mass is 474 g/mol. The maximum atomic E-state index is 13.3. The van der Waals surface area contributed by atoms with Crippen molar-refractivity contribution in [2.75, 3.05) is 26.2 Å². The van der Waals surface area contributed by atoms with E-state index in [1.54, 1.807) is 18.2 Å². The minimum Gasteiger partial charge on any atom is -0.480 e. The number of hydrogen-bond donors (Lipinski definition) is 0. The lowest BCUT2D eigenvalue weighted by molar-refractivity contribution is -0.140. The third-order valence-electron chi connectivity index (χ3n) is 5.33. The van der Waals surface area contributed by atoms with E-state index < -0.39 is 32.8 Å². The molecule has 31 heavy (non-hydrogen) atoms. The Labute approximate surface area is 182 Å². The number of hydrogen-bond acceptors (Lipinski definition) is 4. The average Bonchev–Trinajstić information content (AvgIpc) is 3.16. The predicted molar refractivity (Wildman–Crippen MR) is 106 cm³/mol. The highest BCUT2D eigenvalue weighted by molar-refractivity contribution is 7.89. The van der Waals surface area contributed by atoms with E-state index in [0.29, 0.717) is 17.2 Å². The van der Waals surface area contributed by atoms with Gasteiger partial charge in [-0.05, 0) is 35.9 Å². The van der Waals surface area contributed by atoms with Crippen LogP contribution in [-0.2, 0) is 27.4 Å². The lowest BCUT2D eigenvalue weighted by Gasteiger charge is -2.35. The van der Waals surface area contributed by atoms with Crippen LogP contribution in [0.2, 0.25) is 5.02 Å². The maximum Gasteiger partial charge on any atom is 0.417 e. The largest absolute Gasteiger partial charge is 0.480 e. The zero-order valence-electron chi connectivity index (χ0n) is 16.1. The molecule has 2 aliphatic rings. The van der Waals surface area contributed by atoms with E-state index in [0.717, 1.165) is 28.1 Å². The third kappa shape index (κ3) is 4.24. The molecule has 1 amide bonds. The van der Waals surface area contributed by atoms with Crippen LogP contribution in [-0.4, -0.2) is 55.8 Å². The van der Waals surface area contributed by atoms with Crippen molar-refractivity contribution in [3.8, 4) is 5.75 Å². The third-order valence-corrected chi connectivity index (χ3v) is 7.52. The van der Waals surface area contributed by atoms with Crippen molar-refractivity contribution in [3.05, 3.63) is 58.6 Å². The number of ether oxygens (including phenoxy) is 1. The van der Waals surface area contributed by atoms with Crippen molar-refractivity contribution in [3.63, 3.8) is 0 Å². The predicted octanol–water partition coefficient (Wildman–Crippen LogP) is 3.20. The lowest BCUT2D eigenvalue weighted by Crippen LogP contribution is -2.53. The summed E-state index contributed by atoms with van der Waals surface area (Å²) in [6.45, 7) is -0.0933. The van der Waals surface area contributed by atoms with Gasteiger partial charge in [-0.15, -0.1) is 0 Å². The summed E-state index contributed by atoms with van der Waals surface area (Å²) in [6.07, 6.45) is -5.17. The number of nitrogens with zero attached hydrogens (tertiary/aromatic N) is 2. The Morgan fingerprint density at radius 1 is 1.06 bits per heavy atom. The van der Waals surface area contributed by atoms with E-state index in [2.05, 4.69) is 0 Å². The van der Waals surface area contributed by atoms with Gasteiger partial charge in [0, 0.05) is 37.6 Å². The van der Waals surface area contributed by atoms with Crippen LogP contribution in [0.15, 0.2) is 47.4 Å². The van der Waals surface area contributed by atoms with Crippen LogP contribution in [0.3, 0.4) is 0 Å². The van der Waals surface area contributed by atoms with Gasteiger partial charge < -0.3 is 9.64 Å². The first kappa shape index (κ1) is 21.9. The van der Waals surface area contributed by atoms with Gasteiger partial charge in [0.05, 0.1) is 10.5 Å². The summed E-state index contributed by atoms with van der Waals surface area (Å²) < 4.78 is 72.2. The topological polar surface area (TPSA) is 66.9 Å². The number of rotatable bonds is 3. The van der Waals surface area contributed by atoms with Gasteiger partial charge in [0.15, 0.2) is 6.10 Å². The van der Waals surface area contributed by atoms with E-state index in [1.165, 1.54) is 11.0 Å². The fraction of sp³-hybridized carbons (Fsp3) is 0.350. The number of amides is 1. The molecule has 11 heteroatoms. The van der Waals surface area contributed by atoms with Crippen LogP contribution in [0.25, 0.3) is 0 Å². The summed E-state index contributed by atoms with van der Waals surface area (Å²) >= 11 is 5.96. The highest BCUT2D eigenvalue weighted by Crippen LogP contribution is 2.36. The highest BCUT2D eigenvalue weighted by Gasteiger charge is 2.40. The molecule has 1 atom stereocenters. The average molecular weight is 475 g/mol. The fourth-order valence-corrected chi connectivity index (χ4v) is 5.60. The first-order valence-electron chi connectivity index (χ1n) is 9.47. The summed E-state index contributed by atoms with van der Waals surface area (Å²) in [5.41, 5.74) is -0.389. The fourth-order valence-electron chi connectivity index (χ4n) is 3.77. The molecule has 2 aliphatic heterocycles. The lowest BCUT2D eigenvalue weighted by atomic mass is 10.1.